The van der Waals surface area contributed by atoms with Crippen molar-refractivity contribution in [2.24, 2.45) is 0 Å². The van der Waals surface area contributed by atoms with E-state index in [1.54, 1.807) is 31.2 Å². The summed E-state index contributed by atoms with van der Waals surface area (Å²) in [5.74, 6) is 0.373. The summed E-state index contributed by atoms with van der Waals surface area (Å²) in [5, 5.41) is 5.91. The van der Waals surface area contributed by atoms with E-state index in [2.05, 4.69) is 15.6 Å². The molecule has 202 valence electrons. The van der Waals surface area contributed by atoms with Crippen molar-refractivity contribution in [1.29, 1.82) is 0 Å². The van der Waals surface area contributed by atoms with Crippen molar-refractivity contribution >= 4 is 11.6 Å². The lowest BCUT2D eigenvalue weighted by molar-refractivity contribution is 0.0664. The highest BCUT2D eigenvalue weighted by molar-refractivity contribution is 5.94. The highest BCUT2D eigenvalue weighted by Gasteiger charge is 2.38. The molecule has 1 aromatic heterocycles. The van der Waals surface area contributed by atoms with Gasteiger partial charge in [0.2, 0.25) is 11.7 Å². The summed E-state index contributed by atoms with van der Waals surface area (Å²) in [4.78, 5) is 19.4. The molecule has 0 atom stereocenters. The third kappa shape index (κ3) is 5.83. The highest BCUT2D eigenvalue weighted by atomic mass is 19.1. The largest absolute Gasteiger partial charge is 0.339 e. The Hall–Kier alpha value is -4.11. The molecule has 0 spiro atoms. The van der Waals surface area contributed by atoms with Crippen molar-refractivity contribution in [3.8, 4) is 11.4 Å². The number of nitrogens with one attached hydrogen (secondary N) is 1. The predicted molar refractivity (Wildman–Crippen MR) is 145 cm³/mol. The molecule has 4 aromatic rings. The number of halogens is 2. The van der Waals surface area contributed by atoms with E-state index in [0.717, 1.165) is 16.8 Å². The number of carbonyl (C=O) groups is 1. The van der Waals surface area contributed by atoms with Crippen molar-refractivity contribution in [3.63, 3.8) is 0 Å². The van der Waals surface area contributed by atoms with Crippen LogP contribution < -0.4 is 10.4 Å². The number of anilines is 1. The number of carbonyl (C=O) groups excluding carboxylic acids is 1. The second-order valence-electron chi connectivity index (χ2n) is 9.85. The molecule has 0 radical (unpaired) electrons. The summed E-state index contributed by atoms with van der Waals surface area (Å²) >= 11 is 0. The fourth-order valence-electron chi connectivity index (χ4n) is 5.12. The fraction of sp³-hybridized carbons (Fsp3) is 0.300. The Bertz CT molecular complexity index is 1400. The number of aryl methyl sites for hydroxylation is 1. The molecule has 1 saturated heterocycles. The molecule has 9 heteroatoms. The number of hydrogen-bond acceptors (Lipinski definition) is 6. The number of nitrogens with zero attached hydrogens (tertiary/aromatic N) is 4. The second-order valence-corrected chi connectivity index (χ2v) is 9.85. The van der Waals surface area contributed by atoms with Gasteiger partial charge < -0.3 is 14.4 Å². The smallest absolute Gasteiger partial charge is 0.253 e. The average molecular weight is 532 g/mol. The van der Waals surface area contributed by atoms with Gasteiger partial charge in [-0.2, -0.15) is 4.98 Å². The SMILES string of the molecule is CCN(NCC1(c2ccc(F)cc2)CCN(C(=O)c2ccc(-c3noc(C)n3)cc2)CC1)c1ccc(F)cc1. The van der Waals surface area contributed by atoms with Crippen molar-refractivity contribution < 1.29 is 18.1 Å². The molecule has 1 amide bonds. The van der Waals surface area contributed by atoms with E-state index in [0.29, 0.717) is 56.3 Å². The van der Waals surface area contributed by atoms with E-state index in [9.17, 15) is 13.6 Å². The van der Waals surface area contributed by atoms with Crippen LogP contribution in [0.3, 0.4) is 0 Å². The molecule has 7 nitrogen and oxygen atoms in total. The van der Waals surface area contributed by atoms with Gasteiger partial charge in [-0.15, -0.1) is 0 Å². The molecule has 1 aliphatic rings. The maximum Gasteiger partial charge on any atom is 0.253 e. The second kappa shape index (κ2) is 11.3. The number of hydrazine groups is 1. The Morgan fingerprint density at radius 1 is 0.974 bits per heavy atom. The Balaban J connectivity index is 1.30. The average Bonchev–Trinajstić information content (AvgIpc) is 3.41. The van der Waals surface area contributed by atoms with Crippen LogP contribution in [-0.2, 0) is 5.41 Å². The third-order valence-corrected chi connectivity index (χ3v) is 7.44. The molecule has 3 aromatic carbocycles. The van der Waals surface area contributed by atoms with Crippen LogP contribution in [0.25, 0.3) is 11.4 Å². The first-order chi connectivity index (χ1) is 18.9. The van der Waals surface area contributed by atoms with Crippen molar-refractivity contribution in [2.75, 3.05) is 31.2 Å². The minimum Gasteiger partial charge on any atom is -0.339 e. The maximum absolute atomic E-state index is 13.8. The van der Waals surface area contributed by atoms with Gasteiger partial charge in [0, 0.05) is 49.6 Å². The van der Waals surface area contributed by atoms with Crippen LogP contribution in [0.1, 0.15) is 41.6 Å². The number of rotatable bonds is 8. The van der Waals surface area contributed by atoms with E-state index in [-0.39, 0.29) is 23.0 Å². The number of hydrogen-bond donors (Lipinski definition) is 1. The molecule has 0 aliphatic carbocycles. The highest BCUT2D eigenvalue weighted by Crippen LogP contribution is 2.36. The van der Waals surface area contributed by atoms with Crippen LogP contribution in [0.5, 0.6) is 0 Å². The van der Waals surface area contributed by atoms with Gasteiger partial charge in [0.05, 0.1) is 5.69 Å². The summed E-state index contributed by atoms with van der Waals surface area (Å²) in [6.07, 6.45) is 1.41. The number of benzene rings is 3. The van der Waals surface area contributed by atoms with Crippen molar-refractivity contribution in [3.05, 3.63) is 101 Å². The number of piperidine rings is 1. The Labute approximate surface area is 226 Å². The third-order valence-electron chi connectivity index (χ3n) is 7.44. The molecule has 1 N–H and O–H groups in total. The van der Waals surface area contributed by atoms with E-state index in [4.69, 9.17) is 4.52 Å². The molecule has 1 fully saturated rings. The van der Waals surface area contributed by atoms with Crippen molar-refractivity contribution in [1.82, 2.24) is 20.5 Å². The van der Waals surface area contributed by atoms with Gasteiger partial charge in [0.25, 0.3) is 5.91 Å². The summed E-state index contributed by atoms with van der Waals surface area (Å²) < 4.78 is 32.3. The first kappa shape index (κ1) is 26.5. The van der Waals surface area contributed by atoms with Crippen LogP contribution in [0.2, 0.25) is 0 Å². The minimum absolute atomic E-state index is 0.0343. The van der Waals surface area contributed by atoms with Gasteiger partial charge in [-0.05, 0) is 73.9 Å². The quantitative estimate of drug-likeness (QED) is 0.302. The van der Waals surface area contributed by atoms with Crippen LogP contribution in [0, 0.1) is 18.6 Å². The van der Waals surface area contributed by atoms with E-state index < -0.39 is 0 Å². The van der Waals surface area contributed by atoms with Gasteiger partial charge >= 0.3 is 0 Å². The van der Waals surface area contributed by atoms with E-state index in [1.807, 2.05) is 41.1 Å². The molecule has 39 heavy (non-hydrogen) atoms. The van der Waals surface area contributed by atoms with Crippen LogP contribution in [0.4, 0.5) is 14.5 Å². The summed E-state index contributed by atoms with van der Waals surface area (Å²) in [6.45, 7) is 6.14. The first-order valence-corrected chi connectivity index (χ1v) is 13.1. The molecule has 1 aliphatic heterocycles. The Morgan fingerprint density at radius 2 is 1.59 bits per heavy atom. The number of likely N-dealkylation sites (tertiary alicyclic amines) is 1. The zero-order valence-corrected chi connectivity index (χ0v) is 22.0. The minimum atomic E-state index is -0.307. The molecular weight excluding hydrogens is 500 g/mol. The molecule has 0 unspecified atom stereocenters. The Morgan fingerprint density at radius 3 is 2.15 bits per heavy atom. The van der Waals surface area contributed by atoms with Gasteiger partial charge in [-0.3, -0.25) is 4.79 Å². The van der Waals surface area contributed by atoms with Gasteiger partial charge in [0.1, 0.15) is 11.6 Å². The molecule has 5 rings (SSSR count). The molecule has 0 saturated carbocycles. The number of amides is 1. The molecule has 2 heterocycles. The fourth-order valence-corrected chi connectivity index (χ4v) is 5.12. The normalized spacial score (nSPS) is 14.8. The van der Waals surface area contributed by atoms with Gasteiger partial charge in [0.15, 0.2) is 0 Å². The van der Waals surface area contributed by atoms with E-state index >= 15 is 0 Å². The number of aromatic nitrogens is 2. The van der Waals surface area contributed by atoms with Crippen molar-refractivity contribution in [2.45, 2.75) is 32.1 Å². The predicted octanol–water partition coefficient (Wildman–Crippen LogP) is 5.53. The monoisotopic (exact) mass is 531 g/mol. The zero-order valence-electron chi connectivity index (χ0n) is 22.0. The first-order valence-electron chi connectivity index (χ1n) is 13.1. The van der Waals surface area contributed by atoms with Crippen LogP contribution in [-0.4, -0.2) is 47.1 Å². The summed E-state index contributed by atoms with van der Waals surface area (Å²) in [7, 11) is 0. The Kier molecular flexibility index (Phi) is 7.70. The lowest BCUT2D eigenvalue weighted by Gasteiger charge is -2.43. The van der Waals surface area contributed by atoms with Gasteiger partial charge in [-0.1, -0.05) is 29.4 Å². The topological polar surface area (TPSA) is 74.5 Å². The maximum atomic E-state index is 13.8. The summed E-state index contributed by atoms with van der Waals surface area (Å²) in [6, 6.07) is 20.2. The lowest BCUT2D eigenvalue weighted by Crippen LogP contribution is -2.52. The molecular formula is C30H31F2N5O2. The van der Waals surface area contributed by atoms with Crippen LogP contribution >= 0.6 is 0 Å². The standard InChI is InChI=1S/C30H31F2N5O2/c1-3-37(27-14-12-26(32)13-15-27)33-20-30(24-8-10-25(31)11-9-24)16-18-36(19-17-30)29(38)23-6-4-22(5-7-23)28-34-21(2)39-35-28/h4-15,33H,3,16-20H2,1-2H3. The summed E-state index contributed by atoms with van der Waals surface area (Å²) in [5.41, 5.74) is 6.48. The molecule has 0 bridgehead atoms. The lowest BCUT2D eigenvalue weighted by atomic mass is 9.72. The van der Waals surface area contributed by atoms with E-state index in [1.165, 1.54) is 24.3 Å². The van der Waals surface area contributed by atoms with Crippen LogP contribution in [0.15, 0.2) is 77.3 Å². The van der Waals surface area contributed by atoms with Gasteiger partial charge in [-0.25, -0.2) is 14.2 Å². The zero-order chi connectivity index (χ0) is 27.4.